The summed E-state index contributed by atoms with van der Waals surface area (Å²) in [6, 6.07) is 3.66. The van der Waals surface area contributed by atoms with Crippen molar-refractivity contribution in [1.29, 1.82) is 0 Å². The minimum atomic E-state index is -2.82. The Labute approximate surface area is 111 Å². The topological polar surface area (TPSA) is 51.4 Å². The first-order valence-electron chi connectivity index (χ1n) is 5.85. The first-order valence-corrected chi connectivity index (χ1v) is 8.05. The van der Waals surface area contributed by atoms with Gasteiger partial charge in [-0.3, -0.25) is 0 Å². The van der Waals surface area contributed by atoms with Gasteiger partial charge in [0.25, 0.3) is 0 Å². The van der Waals surface area contributed by atoms with Gasteiger partial charge in [-0.15, -0.1) is 0 Å². The molecule has 1 atom stereocenters. The summed E-state index contributed by atoms with van der Waals surface area (Å²) in [4.78, 5) is 4.36. The molecule has 6 heteroatoms. The highest BCUT2D eigenvalue weighted by atomic mass is 35.5. The van der Waals surface area contributed by atoms with Crippen LogP contribution in [0.4, 0.5) is 0 Å². The van der Waals surface area contributed by atoms with Crippen molar-refractivity contribution in [1.82, 2.24) is 9.38 Å². The maximum atomic E-state index is 11.4. The average molecular weight is 285 g/mol. The fourth-order valence-electron chi connectivity index (χ4n) is 2.47. The molecule has 0 saturated carbocycles. The molecule has 0 spiro atoms. The van der Waals surface area contributed by atoms with Crippen LogP contribution in [0.1, 0.15) is 12.2 Å². The normalized spacial score (nSPS) is 22.6. The second-order valence-electron chi connectivity index (χ2n) is 4.79. The molecule has 0 aliphatic carbocycles. The summed E-state index contributed by atoms with van der Waals surface area (Å²) in [7, 11) is -2.82. The highest BCUT2D eigenvalue weighted by Gasteiger charge is 2.28. The first-order chi connectivity index (χ1) is 8.53. The van der Waals surface area contributed by atoms with Crippen molar-refractivity contribution in [2.45, 2.75) is 12.8 Å². The molecule has 0 radical (unpaired) electrons. The molecular weight excluding hydrogens is 272 g/mol. The Balaban J connectivity index is 1.87. The second-order valence-corrected chi connectivity index (χ2v) is 7.45. The highest BCUT2D eigenvalue weighted by Crippen LogP contribution is 2.23. The van der Waals surface area contributed by atoms with Gasteiger partial charge in [0.15, 0.2) is 9.84 Å². The maximum absolute atomic E-state index is 11.4. The number of imidazole rings is 1. The van der Waals surface area contributed by atoms with Gasteiger partial charge in [-0.05, 0) is 24.5 Å². The fraction of sp³-hybridized carbons (Fsp3) is 0.417. The number of halogens is 1. The van der Waals surface area contributed by atoms with Crippen LogP contribution < -0.4 is 0 Å². The largest absolute Gasteiger partial charge is 0.304 e. The molecule has 0 bridgehead atoms. The van der Waals surface area contributed by atoms with Gasteiger partial charge in [0.2, 0.25) is 0 Å². The van der Waals surface area contributed by atoms with E-state index < -0.39 is 9.84 Å². The number of hydrogen-bond acceptors (Lipinski definition) is 3. The Bertz CT molecular complexity index is 693. The average Bonchev–Trinajstić information content (AvgIpc) is 2.83. The lowest BCUT2D eigenvalue weighted by molar-refractivity contribution is 0.568. The minimum absolute atomic E-state index is 0.191. The van der Waals surface area contributed by atoms with Crippen LogP contribution in [0.5, 0.6) is 0 Å². The summed E-state index contributed by atoms with van der Waals surface area (Å²) in [6.07, 6.45) is 5.09. The predicted octanol–water partition coefficient (Wildman–Crippen LogP) is 1.96. The number of aromatic nitrogens is 2. The van der Waals surface area contributed by atoms with E-state index in [0.717, 1.165) is 17.8 Å². The minimum Gasteiger partial charge on any atom is -0.304 e. The number of sulfone groups is 1. The zero-order valence-electron chi connectivity index (χ0n) is 9.71. The van der Waals surface area contributed by atoms with Gasteiger partial charge in [0.1, 0.15) is 5.82 Å². The molecule has 1 aliphatic rings. The van der Waals surface area contributed by atoms with Gasteiger partial charge in [-0.25, -0.2) is 13.4 Å². The molecule has 4 nitrogen and oxygen atoms in total. The maximum Gasteiger partial charge on any atom is 0.150 e. The second kappa shape index (κ2) is 4.24. The monoisotopic (exact) mass is 284 g/mol. The third kappa shape index (κ3) is 2.24. The lowest BCUT2D eigenvalue weighted by Crippen LogP contribution is -2.09. The fourth-order valence-corrected chi connectivity index (χ4v) is 4.50. The van der Waals surface area contributed by atoms with Crippen LogP contribution in [0.2, 0.25) is 5.02 Å². The van der Waals surface area contributed by atoms with E-state index in [1.807, 2.05) is 22.7 Å². The number of nitrogens with zero attached hydrogens (tertiary/aromatic N) is 2. The van der Waals surface area contributed by atoms with Gasteiger partial charge in [-0.2, -0.15) is 0 Å². The van der Waals surface area contributed by atoms with Crippen molar-refractivity contribution in [2.75, 3.05) is 11.5 Å². The lowest BCUT2D eigenvalue weighted by Gasteiger charge is -2.06. The van der Waals surface area contributed by atoms with Crippen molar-refractivity contribution in [3.05, 3.63) is 35.4 Å². The third-order valence-corrected chi connectivity index (χ3v) is 5.44. The van der Waals surface area contributed by atoms with Gasteiger partial charge >= 0.3 is 0 Å². The van der Waals surface area contributed by atoms with Crippen LogP contribution in [0.25, 0.3) is 5.52 Å². The SMILES string of the molecule is O=S1(=O)CCC(Cc2ncc3cc(Cl)ccn23)C1. The summed E-state index contributed by atoms with van der Waals surface area (Å²) in [5, 5.41) is 0.678. The molecule has 3 rings (SSSR count). The quantitative estimate of drug-likeness (QED) is 0.847. The van der Waals surface area contributed by atoms with Crippen LogP contribution in [0.3, 0.4) is 0 Å². The van der Waals surface area contributed by atoms with Gasteiger partial charge in [0.05, 0.1) is 23.2 Å². The molecule has 0 aromatic carbocycles. The molecule has 2 aromatic heterocycles. The van der Waals surface area contributed by atoms with E-state index >= 15 is 0 Å². The van der Waals surface area contributed by atoms with E-state index in [0.29, 0.717) is 17.2 Å². The van der Waals surface area contributed by atoms with Crippen LogP contribution in [0.15, 0.2) is 24.5 Å². The predicted molar refractivity (Wildman–Crippen MR) is 70.7 cm³/mol. The van der Waals surface area contributed by atoms with Gasteiger partial charge in [0, 0.05) is 17.6 Å². The Morgan fingerprint density at radius 3 is 3.06 bits per heavy atom. The number of rotatable bonds is 2. The molecule has 96 valence electrons. The number of fused-ring (bicyclic) bond motifs is 1. The summed E-state index contributed by atoms with van der Waals surface area (Å²) in [6.45, 7) is 0. The van der Waals surface area contributed by atoms with Crippen molar-refractivity contribution in [3.8, 4) is 0 Å². The number of hydrogen-bond donors (Lipinski definition) is 0. The van der Waals surface area contributed by atoms with Crippen LogP contribution in [-0.2, 0) is 16.3 Å². The molecule has 3 heterocycles. The van der Waals surface area contributed by atoms with Crippen LogP contribution >= 0.6 is 11.6 Å². The molecule has 18 heavy (non-hydrogen) atoms. The van der Waals surface area contributed by atoms with E-state index in [1.54, 1.807) is 6.20 Å². The van der Waals surface area contributed by atoms with Gasteiger partial charge in [-0.1, -0.05) is 11.6 Å². The lowest BCUT2D eigenvalue weighted by atomic mass is 10.1. The molecule has 1 aliphatic heterocycles. The molecule has 1 fully saturated rings. The van der Waals surface area contributed by atoms with Crippen molar-refractivity contribution in [3.63, 3.8) is 0 Å². The summed E-state index contributed by atoms with van der Waals surface area (Å²) >= 11 is 5.92. The van der Waals surface area contributed by atoms with Crippen molar-refractivity contribution < 1.29 is 8.42 Å². The van der Waals surface area contributed by atoms with Crippen LogP contribution in [-0.4, -0.2) is 29.3 Å². The summed E-state index contributed by atoms with van der Waals surface area (Å²) in [5.74, 6) is 1.70. The standard InChI is InChI=1S/C12H13ClN2O2S/c13-10-1-3-15-11(6-10)7-14-12(15)5-9-2-4-18(16,17)8-9/h1,3,6-7,9H,2,4-5,8H2. The van der Waals surface area contributed by atoms with E-state index in [4.69, 9.17) is 11.6 Å². The van der Waals surface area contributed by atoms with E-state index in [-0.39, 0.29) is 11.7 Å². The van der Waals surface area contributed by atoms with Crippen LogP contribution in [0, 0.1) is 5.92 Å². The molecular formula is C12H13ClN2O2S. The Kier molecular flexibility index (Phi) is 2.83. The zero-order chi connectivity index (χ0) is 12.8. The first kappa shape index (κ1) is 12.0. The molecule has 1 saturated heterocycles. The molecule has 0 amide bonds. The smallest absolute Gasteiger partial charge is 0.150 e. The molecule has 0 N–H and O–H groups in total. The van der Waals surface area contributed by atoms with Gasteiger partial charge < -0.3 is 4.40 Å². The van der Waals surface area contributed by atoms with Crippen molar-refractivity contribution in [2.24, 2.45) is 5.92 Å². The van der Waals surface area contributed by atoms with Crippen molar-refractivity contribution >= 4 is 27.0 Å². The molecule has 2 aromatic rings. The van der Waals surface area contributed by atoms with E-state index in [2.05, 4.69) is 4.98 Å². The highest BCUT2D eigenvalue weighted by molar-refractivity contribution is 7.91. The Hall–Kier alpha value is -1.07. The van der Waals surface area contributed by atoms with E-state index in [9.17, 15) is 8.42 Å². The Morgan fingerprint density at radius 1 is 1.50 bits per heavy atom. The number of pyridine rings is 1. The van der Waals surface area contributed by atoms with E-state index in [1.165, 1.54) is 0 Å². The summed E-state index contributed by atoms with van der Waals surface area (Å²) < 4.78 is 24.8. The third-order valence-electron chi connectivity index (χ3n) is 3.37. The summed E-state index contributed by atoms with van der Waals surface area (Å²) in [5.41, 5.74) is 0.943. The zero-order valence-corrected chi connectivity index (χ0v) is 11.3. The Morgan fingerprint density at radius 2 is 2.33 bits per heavy atom. The molecule has 1 unspecified atom stereocenters.